The Labute approximate surface area is 143 Å². The molecule has 0 bridgehead atoms. The second-order valence-electron chi connectivity index (χ2n) is 6.13. The Bertz CT molecular complexity index is 916. The SMILES string of the molecule is Cc1nn(C)c2nc(-c3cccs3)cc(C(=O)N3CC[C@H](O)C3)c12. The zero-order valence-electron chi connectivity index (χ0n) is 13.6. The van der Waals surface area contributed by atoms with Gasteiger partial charge in [-0.1, -0.05) is 6.07 Å². The Balaban J connectivity index is 1.90. The van der Waals surface area contributed by atoms with Crippen molar-refractivity contribution >= 4 is 28.3 Å². The maximum Gasteiger partial charge on any atom is 0.254 e. The molecule has 0 spiro atoms. The lowest BCUT2D eigenvalue weighted by Gasteiger charge is -2.16. The number of aryl methyl sites for hydroxylation is 2. The van der Waals surface area contributed by atoms with E-state index in [9.17, 15) is 9.90 Å². The van der Waals surface area contributed by atoms with E-state index in [2.05, 4.69) is 5.10 Å². The molecule has 6 nitrogen and oxygen atoms in total. The predicted octanol–water partition coefficient (Wildman–Crippen LogP) is 2.21. The third kappa shape index (κ3) is 2.40. The molecule has 3 aromatic rings. The highest BCUT2D eigenvalue weighted by molar-refractivity contribution is 7.13. The number of carbonyl (C=O) groups excluding carboxylic acids is 1. The van der Waals surface area contributed by atoms with Gasteiger partial charge in [-0.25, -0.2) is 4.98 Å². The molecule has 1 fully saturated rings. The van der Waals surface area contributed by atoms with Crippen LogP contribution in [0.15, 0.2) is 23.6 Å². The van der Waals surface area contributed by atoms with Gasteiger partial charge in [0.2, 0.25) is 0 Å². The summed E-state index contributed by atoms with van der Waals surface area (Å²) in [5.74, 6) is -0.0622. The van der Waals surface area contributed by atoms with Crippen molar-refractivity contribution < 1.29 is 9.90 Å². The van der Waals surface area contributed by atoms with Gasteiger partial charge in [0.05, 0.1) is 33.3 Å². The number of aliphatic hydroxyl groups is 1. The first-order chi connectivity index (χ1) is 11.5. The zero-order chi connectivity index (χ0) is 16.8. The molecule has 0 aliphatic carbocycles. The van der Waals surface area contributed by atoms with Gasteiger partial charge >= 0.3 is 0 Å². The minimum absolute atomic E-state index is 0.0622. The Kier molecular flexibility index (Phi) is 3.62. The summed E-state index contributed by atoms with van der Waals surface area (Å²) in [4.78, 5) is 20.5. The van der Waals surface area contributed by atoms with Crippen molar-refractivity contribution in [2.24, 2.45) is 7.05 Å². The number of hydrogen-bond donors (Lipinski definition) is 1. The molecule has 4 heterocycles. The number of β-amino-alcohol motifs (C(OH)–C–C–N with tert-alkyl or cyclic N) is 1. The van der Waals surface area contributed by atoms with Gasteiger partial charge in [-0.05, 0) is 30.9 Å². The maximum absolute atomic E-state index is 13.0. The van der Waals surface area contributed by atoms with Gasteiger partial charge in [0.25, 0.3) is 5.91 Å². The minimum atomic E-state index is -0.432. The summed E-state index contributed by atoms with van der Waals surface area (Å²) in [5, 5.41) is 17.0. The molecular weight excluding hydrogens is 324 g/mol. The van der Waals surface area contributed by atoms with E-state index in [1.807, 2.05) is 37.6 Å². The molecule has 1 atom stereocenters. The highest BCUT2D eigenvalue weighted by Crippen LogP contribution is 2.30. The van der Waals surface area contributed by atoms with Gasteiger partial charge < -0.3 is 10.0 Å². The highest BCUT2D eigenvalue weighted by Gasteiger charge is 2.28. The molecule has 1 aliphatic heterocycles. The summed E-state index contributed by atoms with van der Waals surface area (Å²) in [6.45, 7) is 2.86. The summed E-state index contributed by atoms with van der Waals surface area (Å²) in [6, 6.07) is 5.82. The van der Waals surface area contributed by atoms with E-state index in [1.165, 1.54) is 0 Å². The number of amides is 1. The van der Waals surface area contributed by atoms with Gasteiger partial charge in [-0.2, -0.15) is 5.10 Å². The van der Waals surface area contributed by atoms with Gasteiger partial charge in [0.15, 0.2) is 5.65 Å². The molecule has 3 aromatic heterocycles. The average Bonchev–Trinajstić information content (AvgIpc) is 3.28. The van der Waals surface area contributed by atoms with Gasteiger partial charge in [0, 0.05) is 20.1 Å². The summed E-state index contributed by atoms with van der Waals surface area (Å²) in [7, 11) is 1.84. The highest BCUT2D eigenvalue weighted by atomic mass is 32.1. The van der Waals surface area contributed by atoms with Crippen molar-refractivity contribution in [1.82, 2.24) is 19.7 Å². The number of likely N-dealkylation sites (tertiary alicyclic amines) is 1. The van der Waals surface area contributed by atoms with Crippen LogP contribution in [0.1, 0.15) is 22.5 Å². The normalized spacial score (nSPS) is 17.8. The van der Waals surface area contributed by atoms with Crippen molar-refractivity contribution in [3.05, 3.63) is 34.8 Å². The summed E-state index contributed by atoms with van der Waals surface area (Å²) < 4.78 is 1.72. The Morgan fingerprint density at radius 3 is 2.96 bits per heavy atom. The number of pyridine rings is 1. The van der Waals surface area contributed by atoms with E-state index in [-0.39, 0.29) is 5.91 Å². The molecule has 0 radical (unpaired) electrons. The standard InChI is InChI=1S/C17H18N4O2S/c1-10-15-12(17(23)21-6-5-11(22)9-21)8-13(14-4-3-7-24-14)18-16(15)20(2)19-10/h3-4,7-8,11,22H,5-6,9H2,1-2H3/t11-/m0/s1. The number of aliphatic hydroxyl groups excluding tert-OH is 1. The van der Waals surface area contributed by atoms with E-state index in [0.29, 0.717) is 30.7 Å². The number of carbonyl (C=O) groups is 1. The number of fused-ring (bicyclic) bond motifs is 1. The lowest BCUT2D eigenvalue weighted by molar-refractivity contribution is 0.0767. The molecule has 24 heavy (non-hydrogen) atoms. The van der Waals surface area contributed by atoms with E-state index in [1.54, 1.807) is 20.9 Å². The van der Waals surface area contributed by atoms with E-state index < -0.39 is 6.10 Å². The first kappa shape index (κ1) is 15.3. The molecule has 1 N–H and O–H groups in total. The predicted molar refractivity (Wildman–Crippen MR) is 93.1 cm³/mol. The van der Waals surface area contributed by atoms with Crippen LogP contribution >= 0.6 is 11.3 Å². The summed E-state index contributed by atoms with van der Waals surface area (Å²) in [5.41, 5.74) is 2.90. The van der Waals surface area contributed by atoms with E-state index in [4.69, 9.17) is 4.98 Å². The van der Waals surface area contributed by atoms with Crippen molar-refractivity contribution in [3.63, 3.8) is 0 Å². The molecule has 1 aliphatic rings. The molecule has 124 valence electrons. The van der Waals surface area contributed by atoms with Crippen molar-refractivity contribution in [3.8, 4) is 10.6 Å². The number of nitrogens with zero attached hydrogens (tertiary/aromatic N) is 4. The van der Waals surface area contributed by atoms with Gasteiger partial charge in [-0.3, -0.25) is 9.48 Å². The van der Waals surface area contributed by atoms with Crippen LogP contribution in [0.25, 0.3) is 21.6 Å². The average molecular weight is 342 g/mol. The van der Waals surface area contributed by atoms with Crippen molar-refractivity contribution in [2.45, 2.75) is 19.4 Å². The van der Waals surface area contributed by atoms with Crippen LogP contribution in [-0.4, -0.2) is 49.9 Å². The Morgan fingerprint density at radius 2 is 2.29 bits per heavy atom. The number of thiophene rings is 1. The molecule has 0 unspecified atom stereocenters. The molecule has 0 saturated carbocycles. The van der Waals surface area contributed by atoms with Crippen molar-refractivity contribution in [1.29, 1.82) is 0 Å². The molecular formula is C17H18N4O2S. The van der Waals surface area contributed by atoms with Gasteiger partial charge in [0.1, 0.15) is 0 Å². The molecule has 7 heteroatoms. The second-order valence-corrected chi connectivity index (χ2v) is 7.08. The van der Waals surface area contributed by atoms with Crippen LogP contribution in [0.5, 0.6) is 0 Å². The first-order valence-corrected chi connectivity index (χ1v) is 8.78. The third-order valence-electron chi connectivity index (χ3n) is 4.42. The smallest absolute Gasteiger partial charge is 0.254 e. The first-order valence-electron chi connectivity index (χ1n) is 7.90. The fourth-order valence-electron chi connectivity index (χ4n) is 3.26. The molecule has 1 amide bonds. The lowest BCUT2D eigenvalue weighted by atomic mass is 10.1. The van der Waals surface area contributed by atoms with Crippen LogP contribution in [0.4, 0.5) is 0 Å². The van der Waals surface area contributed by atoms with Crippen LogP contribution in [0.2, 0.25) is 0 Å². The zero-order valence-corrected chi connectivity index (χ0v) is 14.4. The van der Waals surface area contributed by atoms with Crippen molar-refractivity contribution in [2.75, 3.05) is 13.1 Å². The second kappa shape index (κ2) is 5.68. The fraction of sp³-hybridized carbons (Fsp3) is 0.353. The number of hydrogen-bond acceptors (Lipinski definition) is 5. The van der Waals surface area contributed by atoms with E-state index >= 15 is 0 Å². The number of aromatic nitrogens is 3. The Morgan fingerprint density at radius 1 is 1.46 bits per heavy atom. The largest absolute Gasteiger partial charge is 0.391 e. The van der Waals surface area contributed by atoms with Crippen LogP contribution in [0.3, 0.4) is 0 Å². The van der Waals surface area contributed by atoms with Crippen LogP contribution < -0.4 is 0 Å². The third-order valence-corrected chi connectivity index (χ3v) is 5.32. The molecule has 1 saturated heterocycles. The number of rotatable bonds is 2. The monoisotopic (exact) mass is 342 g/mol. The maximum atomic E-state index is 13.0. The summed E-state index contributed by atoms with van der Waals surface area (Å²) >= 11 is 1.59. The van der Waals surface area contributed by atoms with Gasteiger partial charge in [-0.15, -0.1) is 11.3 Å². The summed E-state index contributed by atoms with van der Waals surface area (Å²) in [6.07, 6.45) is 0.196. The van der Waals surface area contributed by atoms with Crippen LogP contribution in [-0.2, 0) is 7.05 Å². The topological polar surface area (TPSA) is 71.2 Å². The van der Waals surface area contributed by atoms with E-state index in [0.717, 1.165) is 21.7 Å². The Hall–Kier alpha value is -2.25. The molecule has 0 aromatic carbocycles. The lowest BCUT2D eigenvalue weighted by Crippen LogP contribution is -2.29. The molecule has 4 rings (SSSR count). The minimum Gasteiger partial charge on any atom is -0.391 e. The quantitative estimate of drug-likeness (QED) is 0.775. The fourth-order valence-corrected chi connectivity index (χ4v) is 3.95. The van der Waals surface area contributed by atoms with Crippen LogP contribution in [0, 0.1) is 6.92 Å².